The molecule has 1 fully saturated rings. The second-order valence-electron chi connectivity index (χ2n) is 3.60. The van der Waals surface area contributed by atoms with Crippen LogP contribution in [0.1, 0.15) is 6.42 Å². The SMILES string of the molecule is CS(=O)(=O)OC1=C(C(=O)O)N2C(=O)C[C@H]2SC1. The molecule has 0 saturated carbocycles. The lowest BCUT2D eigenvalue weighted by Crippen LogP contribution is -2.54. The second kappa shape index (κ2) is 3.91. The van der Waals surface area contributed by atoms with Crippen LogP contribution in [0.3, 0.4) is 0 Å². The minimum Gasteiger partial charge on any atom is -0.476 e. The van der Waals surface area contributed by atoms with E-state index < -0.39 is 16.1 Å². The van der Waals surface area contributed by atoms with Crippen molar-refractivity contribution in [3.8, 4) is 0 Å². The van der Waals surface area contributed by atoms with Crippen molar-refractivity contribution < 1.29 is 27.3 Å². The first-order valence-corrected chi connectivity index (χ1v) is 7.45. The van der Waals surface area contributed by atoms with E-state index in [0.29, 0.717) is 0 Å². The second-order valence-corrected chi connectivity index (χ2v) is 6.34. The van der Waals surface area contributed by atoms with Gasteiger partial charge in [0.2, 0.25) is 5.91 Å². The van der Waals surface area contributed by atoms with Crippen LogP contribution in [0.4, 0.5) is 0 Å². The van der Waals surface area contributed by atoms with E-state index in [9.17, 15) is 18.0 Å². The Bertz CT molecular complexity index is 522. The molecule has 1 saturated heterocycles. The van der Waals surface area contributed by atoms with Crippen LogP contribution in [0.25, 0.3) is 0 Å². The van der Waals surface area contributed by atoms with Gasteiger partial charge in [-0.2, -0.15) is 8.42 Å². The summed E-state index contributed by atoms with van der Waals surface area (Å²) in [5.74, 6) is -1.77. The first-order valence-electron chi connectivity index (χ1n) is 4.59. The third-order valence-electron chi connectivity index (χ3n) is 2.27. The number of carboxylic acid groups (broad SMARTS) is 1. The number of thioether (sulfide) groups is 1. The van der Waals surface area contributed by atoms with Gasteiger partial charge in [-0.3, -0.25) is 9.69 Å². The van der Waals surface area contributed by atoms with Crippen molar-refractivity contribution in [2.45, 2.75) is 11.8 Å². The fraction of sp³-hybridized carbons (Fsp3) is 0.500. The summed E-state index contributed by atoms with van der Waals surface area (Å²) in [6, 6.07) is 0. The lowest BCUT2D eigenvalue weighted by atomic mass is 10.1. The molecule has 0 aromatic rings. The molecule has 0 spiro atoms. The smallest absolute Gasteiger partial charge is 0.356 e. The summed E-state index contributed by atoms with van der Waals surface area (Å²) in [5.41, 5.74) is -0.365. The van der Waals surface area contributed by atoms with Crippen LogP contribution in [0.2, 0.25) is 0 Å². The van der Waals surface area contributed by atoms with Gasteiger partial charge in [0.1, 0.15) is 0 Å². The van der Waals surface area contributed by atoms with E-state index in [1.165, 1.54) is 11.8 Å². The number of hydrogen-bond acceptors (Lipinski definition) is 6. The van der Waals surface area contributed by atoms with Crippen LogP contribution in [-0.4, -0.2) is 47.7 Å². The Hall–Kier alpha value is -1.22. The van der Waals surface area contributed by atoms with Crippen LogP contribution in [0, 0.1) is 0 Å². The zero-order valence-corrected chi connectivity index (χ0v) is 10.4. The quantitative estimate of drug-likeness (QED) is 0.552. The topological polar surface area (TPSA) is 101 Å². The molecular weight excluding hydrogens is 270 g/mol. The molecule has 0 unspecified atom stereocenters. The van der Waals surface area contributed by atoms with Gasteiger partial charge in [0.05, 0.1) is 23.8 Å². The number of amides is 1. The fourth-order valence-corrected chi connectivity index (χ4v) is 3.38. The molecule has 1 atom stereocenters. The number of carbonyl (C=O) groups is 2. The van der Waals surface area contributed by atoms with E-state index in [-0.39, 0.29) is 34.9 Å². The maximum atomic E-state index is 11.3. The molecule has 9 heteroatoms. The van der Waals surface area contributed by atoms with Gasteiger partial charge in [-0.1, -0.05) is 0 Å². The van der Waals surface area contributed by atoms with Crippen molar-refractivity contribution in [3.63, 3.8) is 0 Å². The van der Waals surface area contributed by atoms with Gasteiger partial charge in [0.15, 0.2) is 11.5 Å². The first-order chi connectivity index (χ1) is 7.79. The molecular formula is C8H9NO6S2. The number of β-lactam (4-membered cyclic amide) rings is 1. The van der Waals surface area contributed by atoms with Gasteiger partial charge >= 0.3 is 16.1 Å². The highest BCUT2D eigenvalue weighted by molar-refractivity contribution is 8.00. The Labute approximate surface area is 102 Å². The Kier molecular flexibility index (Phi) is 2.82. The van der Waals surface area contributed by atoms with E-state index >= 15 is 0 Å². The molecule has 2 heterocycles. The average Bonchev–Trinajstić information content (AvgIpc) is 2.15. The number of aliphatic carboxylic acids is 1. The summed E-state index contributed by atoms with van der Waals surface area (Å²) in [7, 11) is -3.80. The average molecular weight is 279 g/mol. The van der Waals surface area contributed by atoms with Crippen molar-refractivity contribution in [2.75, 3.05) is 12.0 Å². The van der Waals surface area contributed by atoms with Crippen molar-refractivity contribution in [2.24, 2.45) is 0 Å². The van der Waals surface area contributed by atoms with Crippen LogP contribution in [0.5, 0.6) is 0 Å². The summed E-state index contributed by atoms with van der Waals surface area (Å²) in [5, 5.41) is 8.79. The molecule has 2 aliphatic heterocycles. The van der Waals surface area contributed by atoms with Crippen LogP contribution < -0.4 is 0 Å². The molecule has 7 nitrogen and oxygen atoms in total. The minimum absolute atomic E-state index is 0.128. The fourth-order valence-electron chi connectivity index (χ4n) is 1.63. The minimum atomic E-state index is -3.80. The van der Waals surface area contributed by atoms with Crippen molar-refractivity contribution in [1.29, 1.82) is 0 Å². The maximum absolute atomic E-state index is 11.3. The van der Waals surface area contributed by atoms with Crippen LogP contribution in [-0.2, 0) is 23.9 Å². The predicted molar refractivity (Wildman–Crippen MR) is 58.3 cm³/mol. The zero-order valence-electron chi connectivity index (χ0n) is 8.74. The van der Waals surface area contributed by atoms with Crippen molar-refractivity contribution in [3.05, 3.63) is 11.5 Å². The number of hydrogen-bond donors (Lipinski definition) is 1. The molecule has 1 N–H and O–H groups in total. The lowest BCUT2D eigenvalue weighted by molar-refractivity contribution is -0.146. The molecule has 94 valence electrons. The molecule has 2 rings (SSSR count). The number of carboxylic acids is 1. The summed E-state index contributed by atoms with van der Waals surface area (Å²) in [4.78, 5) is 23.4. The molecule has 0 aromatic heterocycles. The van der Waals surface area contributed by atoms with E-state index in [4.69, 9.17) is 5.11 Å². The highest BCUT2D eigenvalue weighted by Crippen LogP contribution is 2.40. The molecule has 1 amide bonds. The number of carbonyl (C=O) groups excluding carboxylic acids is 1. The lowest BCUT2D eigenvalue weighted by Gasteiger charge is -2.43. The number of rotatable bonds is 3. The van der Waals surface area contributed by atoms with E-state index in [1.807, 2.05) is 0 Å². The molecule has 17 heavy (non-hydrogen) atoms. The summed E-state index contributed by atoms with van der Waals surface area (Å²) >= 11 is 1.28. The van der Waals surface area contributed by atoms with Crippen LogP contribution in [0.15, 0.2) is 11.5 Å². The van der Waals surface area contributed by atoms with Crippen LogP contribution >= 0.6 is 11.8 Å². The molecule has 0 aliphatic carbocycles. The van der Waals surface area contributed by atoms with E-state index in [0.717, 1.165) is 11.2 Å². The Morgan fingerprint density at radius 2 is 2.24 bits per heavy atom. The highest BCUT2D eigenvalue weighted by Gasteiger charge is 2.46. The Balaban J connectivity index is 2.40. The predicted octanol–water partition coefficient (Wildman–Crippen LogP) is -0.436. The summed E-state index contributed by atoms with van der Waals surface area (Å²) in [6.45, 7) is 0. The molecule has 0 aromatic carbocycles. The van der Waals surface area contributed by atoms with E-state index in [1.54, 1.807) is 0 Å². The Morgan fingerprint density at radius 3 is 2.71 bits per heavy atom. The van der Waals surface area contributed by atoms with Gasteiger partial charge in [-0.15, -0.1) is 11.8 Å². The molecule has 2 aliphatic rings. The van der Waals surface area contributed by atoms with Gasteiger partial charge in [0, 0.05) is 0 Å². The normalized spacial score (nSPS) is 24.2. The Morgan fingerprint density at radius 1 is 1.59 bits per heavy atom. The summed E-state index contributed by atoms with van der Waals surface area (Å²) < 4.78 is 26.6. The number of nitrogens with zero attached hydrogens (tertiary/aromatic N) is 1. The maximum Gasteiger partial charge on any atom is 0.356 e. The highest BCUT2D eigenvalue weighted by atomic mass is 32.2. The van der Waals surface area contributed by atoms with Crippen molar-refractivity contribution in [1.82, 2.24) is 4.90 Å². The third-order valence-corrected chi connectivity index (χ3v) is 3.97. The monoisotopic (exact) mass is 279 g/mol. The zero-order chi connectivity index (χ0) is 12.8. The molecule has 0 bridgehead atoms. The van der Waals surface area contributed by atoms with E-state index in [2.05, 4.69) is 4.18 Å². The van der Waals surface area contributed by atoms with Gasteiger partial charge < -0.3 is 9.29 Å². The number of fused-ring (bicyclic) bond motifs is 1. The standard InChI is InChI=1S/C8H9NO6S2/c1-17(13,14)15-4-3-16-6-2-5(10)9(6)7(4)8(11)12/h6H,2-3H2,1H3,(H,11,12)/t6-/m1/s1. The van der Waals surface area contributed by atoms with Gasteiger partial charge in [-0.05, 0) is 0 Å². The van der Waals surface area contributed by atoms with Gasteiger partial charge in [-0.25, -0.2) is 4.79 Å². The first kappa shape index (κ1) is 12.2. The summed E-state index contributed by atoms with van der Waals surface area (Å²) in [6.07, 6.45) is 1.10. The van der Waals surface area contributed by atoms with Crippen molar-refractivity contribution >= 4 is 33.8 Å². The van der Waals surface area contributed by atoms with Gasteiger partial charge in [0.25, 0.3) is 0 Å². The third kappa shape index (κ3) is 2.25. The largest absolute Gasteiger partial charge is 0.476 e. The molecule has 0 radical (unpaired) electrons.